The Balaban J connectivity index is 1.47. The molecule has 1 aromatic carbocycles. The monoisotopic (exact) mass is 330 g/mol. The smallest absolute Gasteiger partial charge is 0.220 e. The van der Waals surface area contributed by atoms with Crippen LogP contribution in [0.2, 0.25) is 0 Å². The van der Waals surface area contributed by atoms with Crippen LogP contribution in [0.25, 0.3) is 10.6 Å². The molecule has 0 aliphatic carbocycles. The zero-order chi connectivity index (χ0) is 16.1. The number of hydrogen-bond donors (Lipinski definition) is 1. The van der Waals surface area contributed by atoms with Gasteiger partial charge in [0.25, 0.3) is 0 Å². The van der Waals surface area contributed by atoms with E-state index in [1.54, 1.807) is 11.3 Å². The number of benzene rings is 1. The number of aryl methyl sites for hydroxylation is 2. The topological polar surface area (TPSA) is 51.2 Å². The quantitative estimate of drug-likeness (QED) is 0.884. The Labute approximate surface area is 140 Å². The number of ether oxygens (including phenoxy) is 1. The molecule has 0 bridgehead atoms. The number of carbonyl (C=O) groups is 1. The van der Waals surface area contributed by atoms with E-state index in [1.165, 1.54) is 5.56 Å². The third-order valence-corrected chi connectivity index (χ3v) is 4.95. The first-order valence-corrected chi connectivity index (χ1v) is 8.98. The minimum absolute atomic E-state index is 0.0744. The van der Waals surface area contributed by atoms with Crippen LogP contribution in [-0.2, 0) is 16.0 Å². The third kappa shape index (κ3) is 4.62. The van der Waals surface area contributed by atoms with Crippen molar-refractivity contribution in [2.45, 2.75) is 38.7 Å². The number of carbonyl (C=O) groups excluding carboxylic acids is 1. The molecule has 4 nitrogen and oxygen atoms in total. The second-order valence-electron chi connectivity index (χ2n) is 5.95. The maximum absolute atomic E-state index is 11.9. The Morgan fingerprint density at radius 2 is 2.22 bits per heavy atom. The minimum Gasteiger partial charge on any atom is -0.376 e. The van der Waals surface area contributed by atoms with Crippen LogP contribution < -0.4 is 5.32 Å². The van der Waals surface area contributed by atoms with Gasteiger partial charge in [-0.15, -0.1) is 11.3 Å². The van der Waals surface area contributed by atoms with E-state index in [4.69, 9.17) is 4.74 Å². The lowest BCUT2D eigenvalue weighted by molar-refractivity contribution is -0.121. The summed E-state index contributed by atoms with van der Waals surface area (Å²) < 4.78 is 5.50. The van der Waals surface area contributed by atoms with Gasteiger partial charge in [-0.2, -0.15) is 0 Å². The van der Waals surface area contributed by atoms with Gasteiger partial charge >= 0.3 is 0 Å². The highest BCUT2D eigenvalue weighted by atomic mass is 32.1. The fourth-order valence-corrected chi connectivity index (χ4v) is 3.47. The predicted molar refractivity (Wildman–Crippen MR) is 92.6 cm³/mol. The first-order chi connectivity index (χ1) is 11.2. The highest BCUT2D eigenvalue weighted by Gasteiger charge is 2.16. The van der Waals surface area contributed by atoms with Gasteiger partial charge in [0.2, 0.25) is 5.91 Å². The first kappa shape index (κ1) is 16.1. The lowest BCUT2D eigenvalue weighted by Gasteiger charge is -2.10. The average Bonchev–Trinajstić information content (AvgIpc) is 3.23. The van der Waals surface area contributed by atoms with E-state index >= 15 is 0 Å². The van der Waals surface area contributed by atoms with Gasteiger partial charge in [-0.1, -0.05) is 29.8 Å². The van der Waals surface area contributed by atoms with E-state index < -0.39 is 0 Å². The molecule has 1 N–H and O–H groups in total. The summed E-state index contributed by atoms with van der Waals surface area (Å²) in [4.78, 5) is 16.5. The normalized spacial score (nSPS) is 17.3. The number of thiazole rings is 1. The summed E-state index contributed by atoms with van der Waals surface area (Å²) in [6.45, 7) is 3.53. The maximum atomic E-state index is 11.9. The lowest BCUT2D eigenvalue weighted by atomic mass is 10.1. The number of aromatic nitrogens is 1. The van der Waals surface area contributed by atoms with Crippen molar-refractivity contribution in [2.75, 3.05) is 13.2 Å². The third-order valence-electron chi connectivity index (χ3n) is 4.01. The van der Waals surface area contributed by atoms with E-state index in [0.29, 0.717) is 19.4 Å². The molecule has 1 aliphatic heterocycles. The maximum Gasteiger partial charge on any atom is 0.220 e. The van der Waals surface area contributed by atoms with E-state index in [1.807, 2.05) is 5.38 Å². The average molecular weight is 330 g/mol. The fraction of sp³-hybridized carbons (Fsp3) is 0.444. The number of amides is 1. The van der Waals surface area contributed by atoms with Crippen molar-refractivity contribution in [3.05, 3.63) is 40.9 Å². The summed E-state index contributed by atoms with van der Waals surface area (Å²) in [5, 5.41) is 6.01. The number of nitrogens with zero attached hydrogens (tertiary/aromatic N) is 1. The largest absolute Gasteiger partial charge is 0.376 e. The molecule has 2 heterocycles. The van der Waals surface area contributed by atoms with Gasteiger partial charge in [0.05, 0.1) is 11.8 Å². The molecule has 5 heteroatoms. The number of nitrogens with one attached hydrogen (secondary N) is 1. The molecule has 1 aliphatic rings. The zero-order valence-electron chi connectivity index (χ0n) is 13.4. The van der Waals surface area contributed by atoms with Crippen LogP contribution in [0.4, 0.5) is 0 Å². The van der Waals surface area contributed by atoms with E-state index in [2.05, 4.69) is 41.5 Å². The number of hydrogen-bond acceptors (Lipinski definition) is 4. The van der Waals surface area contributed by atoms with Crippen molar-refractivity contribution in [1.29, 1.82) is 0 Å². The molecule has 3 rings (SSSR count). The van der Waals surface area contributed by atoms with Crippen LogP contribution in [-0.4, -0.2) is 30.1 Å². The molecule has 0 spiro atoms. The molecule has 1 atom stereocenters. The van der Waals surface area contributed by atoms with Crippen LogP contribution in [0.3, 0.4) is 0 Å². The second kappa shape index (κ2) is 7.70. The molecule has 0 saturated carbocycles. The van der Waals surface area contributed by atoms with Gasteiger partial charge in [-0.25, -0.2) is 4.98 Å². The highest BCUT2D eigenvalue weighted by molar-refractivity contribution is 7.13. The molecule has 1 aromatic heterocycles. The van der Waals surface area contributed by atoms with Gasteiger partial charge in [0, 0.05) is 30.5 Å². The molecule has 1 amide bonds. The molecule has 2 aromatic rings. The Bertz CT molecular complexity index is 645. The van der Waals surface area contributed by atoms with Crippen molar-refractivity contribution in [3.8, 4) is 10.6 Å². The Kier molecular flexibility index (Phi) is 5.41. The molecule has 23 heavy (non-hydrogen) atoms. The lowest BCUT2D eigenvalue weighted by Crippen LogP contribution is -2.31. The molecule has 1 unspecified atom stereocenters. The molecule has 1 saturated heterocycles. The van der Waals surface area contributed by atoms with Gasteiger partial charge in [-0.3, -0.25) is 4.79 Å². The van der Waals surface area contributed by atoms with Crippen LogP contribution >= 0.6 is 11.3 Å². The fourth-order valence-electron chi connectivity index (χ4n) is 2.61. The van der Waals surface area contributed by atoms with Gasteiger partial charge in [0.1, 0.15) is 5.01 Å². The summed E-state index contributed by atoms with van der Waals surface area (Å²) in [6.07, 6.45) is 3.50. The molecule has 1 fully saturated rings. The van der Waals surface area contributed by atoms with E-state index in [9.17, 15) is 4.79 Å². The minimum atomic E-state index is 0.0744. The molecular formula is C18H22N2O2S. The summed E-state index contributed by atoms with van der Waals surface area (Å²) in [7, 11) is 0. The SMILES string of the molecule is Cc1ccc(-c2nc(CCC(=O)NCC3CCCO3)cs2)cc1. The predicted octanol–water partition coefficient (Wildman–Crippen LogP) is 3.35. The molecular weight excluding hydrogens is 308 g/mol. The van der Waals surface area contributed by atoms with Gasteiger partial charge in [0.15, 0.2) is 0 Å². The first-order valence-electron chi connectivity index (χ1n) is 8.10. The summed E-state index contributed by atoms with van der Waals surface area (Å²) in [5.41, 5.74) is 3.36. The van der Waals surface area contributed by atoms with E-state index in [0.717, 1.165) is 35.7 Å². The zero-order valence-corrected chi connectivity index (χ0v) is 14.2. The highest BCUT2D eigenvalue weighted by Crippen LogP contribution is 2.24. The molecule has 0 radical (unpaired) electrons. The molecule has 122 valence electrons. The second-order valence-corrected chi connectivity index (χ2v) is 6.81. The van der Waals surface area contributed by atoms with Crippen LogP contribution in [0.5, 0.6) is 0 Å². The summed E-state index contributed by atoms with van der Waals surface area (Å²) >= 11 is 1.63. The van der Waals surface area contributed by atoms with Crippen LogP contribution in [0, 0.1) is 6.92 Å². The Morgan fingerprint density at radius 1 is 1.39 bits per heavy atom. The Morgan fingerprint density at radius 3 is 2.96 bits per heavy atom. The standard InChI is InChI=1S/C18H22N2O2S/c1-13-4-6-14(7-5-13)18-20-15(12-23-18)8-9-17(21)19-11-16-3-2-10-22-16/h4-7,12,16H,2-3,8-11H2,1H3,(H,19,21). The van der Waals surface area contributed by atoms with Gasteiger partial charge < -0.3 is 10.1 Å². The van der Waals surface area contributed by atoms with Crippen molar-refractivity contribution in [3.63, 3.8) is 0 Å². The van der Waals surface area contributed by atoms with Crippen molar-refractivity contribution in [2.24, 2.45) is 0 Å². The summed E-state index contributed by atoms with van der Waals surface area (Å²) in [5.74, 6) is 0.0744. The number of rotatable bonds is 6. The van der Waals surface area contributed by atoms with Crippen molar-refractivity contribution in [1.82, 2.24) is 10.3 Å². The Hall–Kier alpha value is -1.72. The van der Waals surface area contributed by atoms with Gasteiger partial charge in [-0.05, 0) is 26.2 Å². The summed E-state index contributed by atoms with van der Waals surface area (Å²) in [6, 6.07) is 8.36. The van der Waals surface area contributed by atoms with Crippen molar-refractivity contribution >= 4 is 17.2 Å². The van der Waals surface area contributed by atoms with Crippen molar-refractivity contribution < 1.29 is 9.53 Å². The van der Waals surface area contributed by atoms with Crippen LogP contribution in [0.1, 0.15) is 30.5 Å². The van der Waals surface area contributed by atoms with E-state index in [-0.39, 0.29) is 12.0 Å². The van der Waals surface area contributed by atoms with Crippen LogP contribution in [0.15, 0.2) is 29.6 Å².